The maximum absolute atomic E-state index is 11.8. The first-order valence-corrected chi connectivity index (χ1v) is 6.30. The molecular weight excluding hydrogens is 230 g/mol. The molecule has 4 heteroatoms. The van der Waals surface area contributed by atoms with E-state index in [9.17, 15) is 9.90 Å². The number of nitrogens with zero attached hydrogens (tertiary/aromatic N) is 1. The fraction of sp³-hybridized carbons (Fsp3) is 0.500. The number of carbonyl (C=O) groups is 1. The molecule has 0 saturated carbocycles. The lowest BCUT2D eigenvalue weighted by Crippen LogP contribution is -2.45. The van der Waals surface area contributed by atoms with Gasteiger partial charge in [0.25, 0.3) is 0 Å². The third-order valence-electron chi connectivity index (χ3n) is 3.38. The summed E-state index contributed by atoms with van der Waals surface area (Å²) in [6.45, 7) is 3.31. The van der Waals surface area contributed by atoms with Crippen molar-refractivity contribution in [2.45, 2.75) is 26.1 Å². The highest BCUT2D eigenvalue weighted by Gasteiger charge is 2.27. The summed E-state index contributed by atoms with van der Waals surface area (Å²) in [4.78, 5) is 13.4. The molecule has 1 heterocycles. The number of amides is 1. The number of β-amino-alcohol motifs (C(OH)–C–C–N with tert-alkyl or cyclic N) is 1. The van der Waals surface area contributed by atoms with Crippen LogP contribution in [0.5, 0.6) is 0 Å². The van der Waals surface area contributed by atoms with E-state index in [1.54, 1.807) is 4.90 Å². The van der Waals surface area contributed by atoms with Crippen molar-refractivity contribution in [1.82, 2.24) is 4.90 Å². The third-order valence-corrected chi connectivity index (χ3v) is 3.38. The van der Waals surface area contributed by atoms with Gasteiger partial charge in [0.2, 0.25) is 0 Å². The normalized spacial score (nSPS) is 23.8. The van der Waals surface area contributed by atoms with Crippen LogP contribution in [0.1, 0.15) is 18.9 Å². The Bertz CT molecular complexity index is 393. The van der Waals surface area contributed by atoms with Crippen LogP contribution in [-0.2, 0) is 11.3 Å². The average Bonchev–Trinajstić information content (AvgIpc) is 2.40. The van der Waals surface area contributed by atoms with Gasteiger partial charge in [0, 0.05) is 6.54 Å². The minimum Gasteiger partial charge on any atom is -0.445 e. The Morgan fingerprint density at radius 2 is 2.17 bits per heavy atom. The van der Waals surface area contributed by atoms with Gasteiger partial charge in [-0.25, -0.2) is 4.79 Å². The second-order valence-corrected chi connectivity index (χ2v) is 4.82. The van der Waals surface area contributed by atoms with Gasteiger partial charge in [-0.2, -0.15) is 0 Å². The number of hydrogen-bond donors (Lipinski definition) is 1. The van der Waals surface area contributed by atoms with Crippen LogP contribution < -0.4 is 0 Å². The summed E-state index contributed by atoms with van der Waals surface area (Å²) in [6, 6.07) is 9.58. The van der Waals surface area contributed by atoms with E-state index >= 15 is 0 Å². The molecule has 1 amide bonds. The molecule has 2 rings (SSSR count). The van der Waals surface area contributed by atoms with Gasteiger partial charge in [-0.05, 0) is 17.9 Å². The largest absolute Gasteiger partial charge is 0.445 e. The van der Waals surface area contributed by atoms with Crippen LogP contribution in [-0.4, -0.2) is 35.3 Å². The van der Waals surface area contributed by atoms with Gasteiger partial charge in [0.05, 0.1) is 12.6 Å². The van der Waals surface area contributed by atoms with Crippen LogP contribution >= 0.6 is 0 Å². The first kappa shape index (κ1) is 12.9. The number of rotatable bonds is 2. The molecular formula is C14H19NO3. The first-order valence-electron chi connectivity index (χ1n) is 6.30. The van der Waals surface area contributed by atoms with E-state index in [1.165, 1.54) is 0 Å². The number of carbonyl (C=O) groups excluding carboxylic acids is 1. The van der Waals surface area contributed by atoms with Crippen LogP contribution in [0.3, 0.4) is 0 Å². The van der Waals surface area contributed by atoms with Gasteiger partial charge in [0.1, 0.15) is 6.61 Å². The van der Waals surface area contributed by atoms with Crippen molar-refractivity contribution in [3.05, 3.63) is 35.9 Å². The first-order chi connectivity index (χ1) is 8.66. The minimum absolute atomic E-state index is 0.253. The fourth-order valence-corrected chi connectivity index (χ4v) is 2.03. The Morgan fingerprint density at radius 3 is 2.83 bits per heavy atom. The van der Waals surface area contributed by atoms with Crippen molar-refractivity contribution in [2.24, 2.45) is 5.92 Å². The van der Waals surface area contributed by atoms with Gasteiger partial charge in [-0.1, -0.05) is 37.3 Å². The summed E-state index contributed by atoms with van der Waals surface area (Å²) < 4.78 is 5.23. The van der Waals surface area contributed by atoms with Crippen LogP contribution in [0.4, 0.5) is 4.79 Å². The highest BCUT2D eigenvalue weighted by Crippen LogP contribution is 2.17. The Morgan fingerprint density at radius 1 is 1.44 bits per heavy atom. The summed E-state index contributed by atoms with van der Waals surface area (Å²) in [6.07, 6.45) is 0.0366. The van der Waals surface area contributed by atoms with E-state index in [0.29, 0.717) is 13.1 Å². The van der Waals surface area contributed by atoms with E-state index in [2.05, 4.69) is 0 Å². The smallest absolute Gasteiger partial charge is 0.410 e. The Labute approximate surface area is 107 Å². The van der Waals surface area contributed by atoms with Crippen LogP contribution in [0, 0.1) is 5.92 Å². The van der Waals surface area contributed by atoms with Gasteiger partial charge < -0.3 is 14.7 Å². The zero-order valence-electron chi connectivity index (χ0n) is 10.6. The third kappa shape index (κ3) is 3.23. The number of aliphatic hydroxyl groups is 1. The maximum Gasteiger partial charge on any atom is 0.410 e. The topological polar surface area (TPSA) is 49.8 Å². The molecule has 4 nitrogen and oxygen atoms in total. The molecule has 1 fully saturated rings. The van der Waals surface area contributed by atoms with Gasteiger partial charge in [0.15, 0.2) is 0 Å². The minimum atomic E-state index is -0.442. The second kappa shape index (κ2) is 5.87. The summed E-state index contributed by atoms with van der Waals surface area (Å²) in [7, 11) is 0. The molecule has 1 aliphatic rings. The van der Waals surface area contributed by atoms with Gasteiger partial charge >= 0.3 is 6.09 Å². The van der Waals surface area contributed by atoms with Crippen molar-refractivity contribution in [2.75, 3.05) is 13.1 Å². The van der Waals surface area contributed by atoms with Crippen molar-refractivity contribution in [1.29, 1.82) is 0 Å². The number of likely N-dealkylation sites (tertiary alicyclic amines) is 1. The number of hydrogen-bond acceptors (Lipinski definition) is 3. The monoisotopic (exact) mass is 249 g/mol. The van der Waals surface area contributed by atoms with Gasteiger partial charge in [-0.3, -0.25) is 0 Å². The number of aliphatic hydroxyl groups excluding tert-OH is 1. The van der Waals surface area contributed by atoms with E-state index in [0.717, 1.165) is 12.0 Å². The molecule has 18 heavy (non-hydrogen) atoms. The number of benzene rings is 1. The molecule has 1 aromatic carbocycles. The molecule has 0 aliphatic carbocycles. The zero-order chi connectivity index (χ0) is 13.0. The van der Waals surface area contributed by atoms with Crippen LogP contribution in [0.15, 0.2) is 30.3 Å². The predicted molar refractivity (Wildman–Crippen MR) is 68.0 cm³/mol. The van der Waals surface area contributed by atoms with E-state index in [-0.39, 0.29) is 18.6 Å². The molecule has 0 aromatic heterocycles. The molecule has 1 saturated heterocycles. The molecule has 1 N–H and O–H groups in total. The number of ether oxygens (including phenoxy) is 1. The zero-order valence-corrected chi connectivity index (χ0v) is 10.6. The maximum atomic E-state index is 11.8. The van der Waals surface area contributed by atoms with Crippen molar-refractivity contribution in [3.8, 4) is 0 Å². The predicted octanol–water partition coefficient (Wildman–Crippen LogP) is 2.03. The SMILES string of the molecule is C[C@H]1CCN(C(=O)OCc2ccccc2)C[C@H]1O. The fourth-order valence-electron chi connectivity index (χ4n) is 2.03. The van der Waals surface area contributed by atoms with E-state index in [4.69, 9.17) is 4.74 Å². The van der Waals surface area contributed by atoms with Crippen molar-refractivity contribution in [3.63, 3.8) is 0 Å². The highest BCUT2D eigenvalue weighted by molar-refractivity contribution is 5.67. The second-order valence-electron chi connectivity index (χ2n) is 4.82. The Kier molecular flexibility index (Phi) is 4.20. The Balaban J connectivity index is 1.82. The van der Waals surface area contributed by atoms with E-state index in [1.807, 2.05) is 37.3 Å². The van der Waals surface area contributed by atoms with Gasteiger partial charge in [-0.15, -0.1) is 0 Å². The van der Waals surface area contributed by atoms with E-state index < -0.39 is 6.10 Å². The standard InChI is InChI=1S/C14H19NO3/c1-11-7-8-15(9-13(11)16)14(17)18-10-12-5-3-2-4-6-12/h2-6,11,13,16H,7-10H2,1H3/t11-,13+/m0/s1. The molecule has 2 atom stereocenters. The molecule has 0 unspecified atom stereocenters. The lowest BCUT2D eigenvalue weighted by molar-refractivity contribution is 0.0192. The molecule has 0 radical (unpaired) electrons. The molecule has 1 aliphatic heterocycles. The summed E-state index contributed by atoms with van der Waals surface area (Å²) in [5.41, 5.74) is 0.969. The molecule has 98 valence electrons. The Hall–Kier alpha value is -1.55. The highest BCUT2D eigenvalue weighted by atomic mass is 16.6. The lowest BCUT2D eigenvalue weighted by atomic mass is 9.96. The summed E-state index contributed by atoms with van der Waals surface area (Å²) in [5, 5.41) is 9.73. The average molecular weight is 249 g/mol. The molecule has 1 aromatic rings. The lowest BCUT2D eigenvalue weighted by Gasteiger charge is -2.33. The molecule has 0 bridgehead atoms. The van der Waals surface area contributed by atoms with Crippen LogP contribution in [0.2, 0.25) is 0 Å². The summed E-state index contributed by atoms with van der Waals surface area (Å²) >= 11 is 0. The van der Waals surface area contributed by atoms with Crippen molar-refractivity contribution < 1.29 is 14.6 Å². The van der Waals surface area contributed by atoms with Crippen LogP contribution in [0.25, 0.3) is 0 Å². The summed E-state index contributed by atoms with van der Waals surface area (Å²) in [5.74, 6) is 0.253. The van der Waals surface area contributed by atoms with Crippen molar-refractivity contribution >= 4 is 6.09 Å². The molecule has 0 spiro atoms. The number of piperidine rings is 1. The quantitative estimate of drug-likeness (QED) is 0.872.